The van der Waals surface area contributed by atoms with Crippen LogP contribution >= 0.6 is 0 Å². The number of halogens is 1. The Morgan fingerprint density at radius 3 is 2.47 bits per heavy atom. The minimum absolute atomic E-state index is 0.191. The summed E-state index contributed by atoms with van der Waals surface area (Å²) in [6.45, 7) is 6.42. The van der Waals surface area contributed by atoms with Gasteiger partial charge in [-0.05, 0) is 26.0 Å². The second kappa shape index (κ2) is 7.22. The number of rotatable bonds is 7. The maximum Gasteiger partial charge on any atom is 0.170 e. The van der Waals surface area contributed by atoms with E-state index in [2.05, 4.69) is 24.1 Å². The Kier molecular flexibility index (Phi) is 5.91. The lowest BCUT2D eigenvalue weighted by molar-refractivity contribution is 0.582. The number of nitrogens with zero attached hydrogens (tertiary/aromatic N) is 2. The molecule has 1 rings (SSSR count). The first-order chi connectivity index (χ1) is 8.24. The molecular formula is C13H22FN3. The van der Waals surface area contributed by atoms with Gasteiger partial charge in [0.25, 0.3) is 0 Å². The highest BCUT2D eigenvalue weighted by Gasteiger charge is 2.14. The van der Waals surface area contributed by atoms with Crippen molar-refractivity contribution < 1.29 is 4.39 Å². The Morgan fingerprint density at radius 2 is 1.94 bits per heavy atom. The second-order valence-corrected chi connectivity index (χ2v) is 4.13. The number of hydrogen-bond acceptors (Lipinski definition) is 3. The normalized spacial score (nSPS) is 10.6. The number of pyridine rings is 1. The first kappa shape index (κ1) is 13.9. The third kappa shape index (κ3) is 3.66. The number of anilines is 1. The molecule has 1 aromatic heterocycles. The van der Waals surface area contributed by atoms with Crippen LogP contribution in [-0.4, -0.2) is 25.1 Å². The molecule has 0 saturated heterocycles. The van der Waals surface area contributed by atoms with Gasteiger partial charge in [-0.3, -0.25) is 0 Å². The Balaban J connectivity index is 2.97. The average Bonchev–Trinajstić information content (AvgIpc) is 2.32. The van der Waals surface area contributed by atoms with Gasteiger partial charge in [-0.2, -0.15) is 0 Å². The molecule has 0 bridgehead atoms. The molecule has 0 atom stereocenters. The quantitative estimate of drug-likeness (QED) is 0.792. The molecule has 1 aromatic rings. The molecule has 0 fully saturated rings. The lowest BCUT2D eigenvalue weighted by Crippen LogP contribution is -2.27. The molecule has 1 heterocycles. The van der Waals surface area contributed by atoms with Crippen LogP contribution in [0.2, 0.25) is 0 Å². The molecule has 3 nitrogen and oxygen atoms in total. The summed E-state index contributed by atoms with van der Waals surface area (Å²) < 4.78 is 14.2. The summed E-state index contributed by atoms with van der Waals surface area (Å²) in [6, 6.07) is 1.73. The van der Waals surface area contributed by atoms with Crippen LogP contribution in [0.1, 0.15) is 32.3 Å². The van der Waals surface area contributed by atoms with Crippen LogP contribution < -0.4 is 10.2 Å². The molecule has 96 valence electrons. The van der Waals surface area contributed by atoms with Gasteiger partial charge in [-0.1, -0.05) is 13.8 Å². The SMILES string of the molecule is CCCN(CCC)c1nccc(CNC)c1F. The van der Waals surface area contributed by atoms with E-state index in [1.165, 1.54) is 0 Å². The van der Waals surface area contributed by atoms with Gasteiger partial charge in [0.15, 0.2) is 11.6 Å². The zero-order valence-corrected chi connectivity index (χ0v) is 11.0. The van der Waals surface area contributed by atoms with Crippen LogP contribution in [0.25, 0.3) is 0 Å². The van der Waals surface area contributed by atoms with Gasteiger partial charge in [0.2, 0.25) is 0 Å². The highest BCUT2D eigenvalue weighted by Crippen LogP contribution is 2.19. The number of hydrogen-bond donors (Lipinski definition) is 1. The highest BCUT2D eigenvalue weighted by atomic mass is 19.1. The molecule has 0 unspecified atom stereocenters. The van der Waals surface area contributed by atoms with Crippen LogP contribution in [0.4, 0.5) is 10.2 Å². The van der Waals surface area contributed by atoms with E-state index >= 15 is 0 Å². The van der Waals surface area contributed by atoms with E-state index in [4.69, 9.17) is 0 Å². The minimum atomic E-state index is -0.191. The molecule has 0 aliphatic heterocycles. The van der Waals surface area contributed by atoms with Gasteiger partial charge in [-0.25, -0.2) is 9.37 Å². The number of aromatic nitrogens is 1. The maximum atomic E-state index is 14.2. The number of nitrogens with one attached hydrogen (secondary N) is 1. The van der Waals surface area contributed by atoms with Gasteiger partial charge < -0.3 is 10.2 Å². The second-order valence-electron chi connectivity index (χ2n) is 4.13. The lowest BCUT2D eigenvalue weighted by atomic mass is 10.2. The monoisotopic (exact) mass is 239 g/mol. The Morgan fingerprint density at radius 1 is 1.29 bits per heavy atom. The van der Waals surface area contributed by atoms with Crippen molar-refractivity contribution in [3.05, 3.63) is 23.6 Å². The Labute approximate surface area is 103 Å². The van der Waals surface area contributed by atoms with Crippen LogP contribution in [0.15, 0.2) is 12.3 Å². The van der Waals surface area contributed by atoms with Crippen LogP contribution in [0.5, 0.6) is 0 Å². The highest BCUT2D eigenvalue weighted by molar-refractivity contribution is 5.43. The first-order valence-electron chi connectivity index (χ1n) is 6.27. The maximum absolute atomic E-state index is 14.2. The molecule has 0 saturated carbocycles. The molecule has 0 aromatic carbocycles. The molecule has 0 amide bonds. The molecule has 0 aliphatic carbocycles. The molecule has 0 aliphatic rings. The summed E-state index contributed by atoms with van der Waals surface area (Å²) in [7, 11) is 1.81. The summed E-state index contributed by atoms with van der Waals surface area (Å²) in [4.78, 5) is 6.20. The summed E-state index contributed by atoms with van der Waals surface area (Å²) >= 11 is 0. The zero-order chi connectivity index (χ0) is 12.7. The average molecular weight is 239 g/mol. The fourth-order valence-electron chi connectivity index (χ4n) is 1.88. The Hall–Kier alpha value is -1.16. The van der Waals surface area contributed by atoms with Crippen molar-refractivity contribution in [3.8, 4) is 0 Å². The Bertz CT molecular complexity index is 335. The largest absolute Gasteiger partial charge is 0.354 e. The first-order valence-corrected chi connectivity index (χ1v) is 6.27. The van der Waals surface area contributed by atoms with E-state index in [-0.39, 0.29) is 5.82 Å². The summed E-state index contributed by atoms with van der Waals surface area (Å²) in [5.41, 5.74) is 0.676. The van der Waals surface area contributed by atoms with E-state index in [0.29, 0.717) is 17.9 Å². The van der Waals surface area contributed by atoms with Crippen molar-refractivity contribution in [1.29, 1.82) is 0 Å². The van der Waals surface area contributed by atoms with E-state index in [9.17, 15) is 4.39 Å². The van der Waals surface area contributed by atoms with Gasteiger partial charge >= 0.3 is 0 Å². The molecule has 0 radical (unpaired) electrons. The van der Waals surface area contributed by atoms with Crippen LogP contribution in [0, 0.1) is 5.82 Å². The van der Waals surface area contributed by atoms with Crippen molar-refractivity contribution in [3.63, 3.8) is 0 Å². The van der Waals surface area contributed by atoms with E-state index < -0.39 is 0 Å². The van der Waals surface area contributed by atoms with E-state index in [0.717, 1.165) is 25.9 Å². The molecule has 1 N–H and O–H groups in total. The van der Waals surface area contributed by atoms with Crippen molar-refractivity contribution in [2.24, 2.45) is 0 Å². The predicted octanol–water partition coefficient (Wildman–Crippen LogP) is 2.57. The standard InChI is InChI=1S/C13H22FN3/c1-4-8-17(9-5-2)13-12(14)11(10-15-3)6-7-16-13/h6-7,15H,4-5,8-10H2,1-3H3. The summed E-state index contributed by atoms with van der Waals surface area (Å²) in [5, 5.41) is 2.97. The smallest absolute Gasteiger partial charge is 0.170 e. The minimum Gasteiger partial charge on any atom is -0.354 e. The van der Waals surface area contributed by atoms with Gasteiger partial charge in [0, 0.05) is 31.4 Å². The fourth-order valence-corrected chi connectivity index (χ4v) is 1.88. The van der Waals surface area contributed by atoms with Crippen molar-refractivity contribution >= 4 is 5.82 Å². The van der Waals surface area contributed by atoms with Crippen LogP contribution in [-0.2, 0) is 6.54 Å². The van der Waals surface area contributed by atoms with Crippen molar-refractivity contribution in [2.45, 2.75) is 33.2 Å². The van der Waals surface area contributed by atoms with Gasteiger partial charge in [0.1, 0.15) is 0 Å². The summed E-state index contributed by atoms with van der Waals surface area (Å²) in [6.07, 6.45) is 3.68. The predicted molar refractivity (Wildman–Crippen MR) is 69.8 cm³/mol. The fraction of sp³-hybridized carbons (Fsp3) is 0.615. The topological polar surface area (TPSA) is 28.2 Å². The third-order valence-corrected chi connectivity index (χ3v) is 2.60. The molecule has 4 heteroatoms. The van der Waals surface area contributed by atoms with Crippen molar-refractivity contribution in [2.75, 3.05) is 25.0 Å². The van der Waals surface area contributed by atoms with Crippen LogP contribution in [0.3, 0.4) is 0 Å². The molecule has 0 spiro atoms. The van der Waals surface area contributed by atoms with Gasteiger partial charge in [-0.15, -0.1) is 0 Å². The van der Waals surface area contributed by atoms with Crippen molar-refractivity contribution in [1.82, 2.24) is 10.3 Å². The lowest BCUT2D eigenvalue weighted by Gasteiger charge is -2.23. The zero-order valence-electron chi connectivity index (χ0n) is 11.0. The van der Waals surface area contributed by atoms with E-state index in [1.54, 1.807) is 12.3 Å². The molecule has 17 heavy (non-hydrogen) atoms. The van der Waals surface area contributed by atoms with Gasteiger partial charge in [0.05, 0.1) is 0 Å². The summed E-state index contributed by atoms with van der Waals surface area (Å²) in [5.74, 6) is 0.296. The molecular weight excluding hydrogens is 217 g/mol. The van der Waals surface area contributed by atoms with E-state index in [1.807, 2.05) is 11.9 Å². The third-order valence-electron chi connectivity index (χ3n) is 2.60.